The fraction of sp³-hybridized carbons (Fsp3) is 0.538. The minimum absolute atomic E-state index is 0.118. The lowest BCUT2D eigenvalue weighted by Crippen LogP contribution is -2.43. The maximum absolute atomic E-state index is 11.5. The van der Waals surface area contributed by atoms with Gasteiger partial charge < -0.3 is 5.73 Å². The predicted molar refractivity (Wildman–Crippen MR) is 69.8 cm³/mol. The molecule has 1 aliphatic rings. The van der Waals surface area contributed by atoms with Crippen LogP contribution >= 0.6 is 0 Å². The highest BCUT2D eigenvalue weighted by Crippen LogP contribution is 2.26. The van der Waals surface area contributed by atoms with Crippen molar-refractivity contribution in [1.82, 2.24) is 0 Å². The largest absolute Gasteiger partial charge is 0.324 e. The summed E-state index contributed by atoms with van der Waals surface area (Å²) in [6.45, 7) is 4.08. The van der Waals surface area contributed by atoms with Crippen molar-refractivity contribution in [1.29, 1.82) is 0 Å². The van der Waals surface area contributed by atoms with E-state index < -0.39 is 15.4 Å². The Morgan fingerprint density at radius 1 is 1.35 bits per heavy atom. The first-order valence-corrected chi connectivity index (χ1v) is 7.67. The number of hydrogen-bond donors (Lipinski definition) is 1. The second kappa shape index (κ2) is 4.10. The summed E-state index contributed by atoms with van der Waals surface area (Å²) < 4.78 is 23.0. The first-order valence-electron chi connectivity index (χ1n) is 5.85. The number of nitrogens with two attached hydrogens (primary N) is 1. The minimum atomic E-state index is -2.92. The van der Waals surface area contributed by atoms with Crippen LogP contribution in [0.2, 0.25) is 0 Å². The monoisotopic (exact) mass is 253 g/mol. The van der Waals surface area contributed by atoms with Crippen LogP contribution in [0.25, 0.3) is 0 Å². The lowest BCUT2D eigenvalue weighted by Gasteiger charge is -2.23. The molecule has 0 radical (unpaired) electrons. The molecule has 94 valence electrons. The Kier molecular flexibility index (Phi) is 3.04. The Bertz CT molecular complexity index is 536. The maximum Gasteiger partial charge on any atom is 0.152 e. The molecule has 0 aromatic heterocycles. The smallest absolute Gasteiger partial charge is 0.152 e. The highest BCUT2D eigenvalue weighted by atomic mass is 32.2. The van der Waals surface area contributed by atoms with Gasteiger partial charge in [0.1, 0.15) is 0 Å². The zero-order valence-corrected chi connectivity index (χ0v) is 11.2. The summed E-state index contributed by atoms with van der Waals surface area (Å²) in [6, 6.07) is 6.24. The highest BCUT2D eigenvalue weighted by Gasteiger charge is 2.39. The third-order valence-corrected chi connectivity index (χ3v) is 5.31. The van der Waals surface area contributed by atoms with Crippen LogP contribution in [-0.2, 0) is 16.3 Å². The van der Waals surface area contributed by atoms with Crippen molar-refractivity contribution in [2.45, 2.75) is 32.2 Å². The SMILES string of the molecule is Cc1ccc(C)c(CC2(N)CCS(=O)(=O)C2)c1. The van der Waals surface area contributed by atoms with Crippen LogP contribution in [0.3, 0.4) is 0 Å². The summed E-state index contributed by atoms with van der Waals surface area (Å²) in [6.07, 6.45) is 1.22. The molecule has 1 heterocycles. The van der Waals surface area contributed by atoms with E-state index in [2.05, 4.69) is 18.2 Å². The van der Waals surface area contributed by atoms with E-state index in [1.165, 1.54) is 16.7 Å². The third kappa shape index (κ3) is 2.87. The van der Waals surface area contributed by atoms with Gasteiger partial charge in [-0.3, -0.25) is 0 Å². The van der Waals surface area contributed by atoms with Gasteiger partial charge in [0.25, 0.3) is 0 Å². The standard InChI is InChI=1S/C13H19NO2S/c1-10-3-4-11(2)12(7-10)8-13(14)5-6-17(15,16)9-13/h3-4,7H,5-6,8-9,14H2,1-2H3. The van der Waals surface area contributed by atoms with E-state index in [4.69, 9.17) is 5.73 Å². The summed E-state index contributed by atoms with van der Waals surface area (Å²) >= 11 is 0. The molecule has 3 nitrogen and oxygen atoms in total. The molecular weight excluding hydrogens is 234 g/mol. The van der Waals surface area contributed by atoms with E-state index in [1.807, 2.05) is 13.8 Å². The number of benzene rings is 1. The average molecular weight is 253 g/mol. The summed E-state index contributed by atoms with van der Waals surface area (Å²) in [5.74, 6) is 0.349. The van der Waals surface area contributed by atoms with Crippen LogP contribution in [0.5, 0.6) is 0 Å². The summed E-state index contributed by atoms with van der Waals surface area (Å²) in [5, 5.41) is 0. The van der Waals surface area contributed by atoms with E-state index >= 15 is 0 Å². The summed E-state index contributed by atoms with van der Waals surface area (Å²) in [4.78, 5) is 0. The Balaban J connectivity index is 2.24. The van der Waals surface area contributed by atoms with Gasteiger partial charge in [-0.25, -0.2) is 8.42 Å². The molecule has 4 heteroatoms. The van der Waals surface area contributed by atoms with Gasteiger partial charge in [0.15, 0.2) is 9.84 Å². The number of hydrogen-bond acceptors (Lipinski definition) is 3. The predicted octanol–water partition coefficient (Wildman–Crippen LogP) is 1.36. The van der Waals surface area contributed by atoms with Crippen LogP contribution in [0.4, 0.5) is 0 Å². The molecule has 1 unspecified atom stereocenters. The Morgan fingerprint density at radius 2 is 2.06 bits per heavy atom. The Morgan fingerprint density at radius 3 is 2.65 bits per heavy atom. The van der Waals surface area contributed by atoms with Gasteiger partial charge in [-0.15, -0.1) is 0 Å². The van der Waals surface area contributed by atoms with Crippen molar-refractivity contribution in [2.24, 2.45) is 5.73 Å². The fourth-order valence-corrected chi connectivity index (χ4v) is 4.43. The van der Waals surface area contributed by atoms with Crippen molar-refractivity contribution in [3.63, 3.8) is 0 Å². The van der Waals surface area contributed by atoms with E-state index in [-0.39, 0.29) is 11.5 Å². The van der Waals surface area contributed by atoms with Gasteiger partial charge in [0.2, 0.25) is 0 Å². The summed E-state index contributed by atoms with van der Waals surface area (Å²) in [7, 11) is -2.92. The normalized spacial score (nSPS) is 27.2. The maximum atomic E-state index is 11.5. The van der Waals surface area contributed by atoms with Crippen LogP contribution in [0, 0.1) is 13.8 Å². The molecule has 1 saturated heterocycles. The van der Waals surface area contributed by atoms with Crippen molar-refractivity contribution >= 4 is 9.84 Å². The van der Waals surface area contributed by atoms with Crippen LogP contribution in [0.15, 0.2) is 18.2 Å². The molecule has 0 spiro atoms. The zero-order chi connectivity index (χ0) is 12.7. The van der Waals surface area contributed by atoms with Gasteiger partial charge >= 0.3 is 0 Å². The first-order chi connectivity index (χ1) is 7.80. The molecule has 17 heavy (non-hydrogen) atoms. The zero-order valence-electron chi connectivity index (χ0n) is 10.4. The van der Waals surface area contributed by atoms with E-state index in [0.717, 1.165) is 0 Å². The Labute approximate surface area is 103 Å². The third-order valence-electron chi connectivity index (χ3n) is 3.47. The molecule has 1 aromatic carbocycles. The van der Waals surface area contributed by atoms with Gasteiger partial charge in [-0.1, -0.05) is 23.8 Å². The molecule has 0 amide bonds. The number of aryl methyl sites for hydroxylation is 2. The quantitative estimate of drug-likeness (QED) is 0.865. The van der Waals surface area contributed by atoms with E-state index in [9.17, 15) is 8.42 Å². The molecule has 1 atom stereocenters. The fourth-order valence-electron chi connectivity index (χ4n) is 2.45. The second-order valence-corrected chi connectivity index (χ2v) is 7.50. The van der Waals surface area contributed by atoms with Crippen molar-refractivity contribution in [2.75, 3.05) is 11.5 Å². The van der Waals surface area contributed by atoms with Crippen molar-refractivity contribution < 1.29 is 8.42 Å². The number of sulfone groups is 1. The van der Waals surface area contributed by atoms with Crippen molar-refractivity contribution in [3.05, 3.63) is 34.9 Å². The molecule has 0 saturated carbocycles. The first kappa shape index (κ1) is 12.6. The second-order valence-electron chi connectivity index (χ2n) is 5.31. The van der Waals surface area contributed by atoms with Crippen LogP contribution < -0.4 is 5.73 Å². The molecule has 2 rings (SSSR count). The molecule has 0 aliphatic carbocycles. The lowest BCUT2D eigenvalue weighted by molar-refractivity contribution is 0.475. The Hall–Kier alpha value is -0.870. The summed E-state index contributed by atoms with van der Waals surface area (Å²) in [5.41, 5.74) is 9.18. The highest BCUT2D eigenvalue weighted by molar-refractivity contribution is 7.91. The molecule has 1 aromatic rings. The minimum Gasteiger partial charge on any atom is -0.324 e. The van der Waals surface area contributed by atoms with Crippen molar-refractivity contribution in [3.8, 4) is 0 Å². The van der Waals surface area contributed by atoms with E-state index in [0.29, 0.717) is 12.8 Å². The van der Waals surface area contributed by atoms with Gasteiger partial charge in [-0.05, 0) is 37.8 Å². The van der Waals surface area contributed by atoms with Crippen LogP contribution in [0.1, 0.15) is 23.1 Å². The molecule has 1 aliphatic heterocycles. The number of rotatable bonds is 2. The molecule has 2 N–H and O–H groups in total. The topological polar surface area (TPSA) is 60.2 Å². The van der Waals surface area contributed by atoms with Gasteiger partial charge in [0, 0.05) is 5.54 Å². The van der Waals surface area contributed by atoms with Gasteiger partial charge in [0.05, 0.1) is 11.5 Å². The molecule has 0 bridgehead atoms. The van der Waals surface area contributed by atoms with Crippen LogP contribution in [-0.4, -0.2) is 25.5 Å². The van der Waals surface area contributed by atoms with Gasteiger partial charge in [-0.2, -0.15) is 0 Å². The average Bonchev–Trinajstić information content (AvgIpc) is 2.47. The molecular formula is C13H19NO2S. The van der Waals surface area contributed by atoms with E-state index in [1.54, 1.807) is 0 Å². The molecule has 1 fully saturated rings. The lowest BCUT2D eigenvalue weighted by atomic mass is 9.89.